The second-order valence-electron chi connectivity index (χ2n) is 4.06. The Kier molecular flexibility index (Phi) is 4.05. The quantitative estimate of drug-likeness (QED) is 0.448. The van der Waals surface area contributed by atoms with E-state index in [1.54, 1.807) is 13.8 Å². The van der Waals surface area contributed by atoms with Crippen LogP contribution in [-0.2, 0) is 9.47 Å². The van der Waals surface area contributed by atoms with E-state index in [1.165, 1.54) is 0 Å². The summed E-state index contributed by atoms with van der Waals surface area (Å²) >= 11 is 0. The molecule has 6 nitrogen and oxygen atoms in total. The monoisotopic (exact) mass is 222 g/mol. The van der Waals surface area contributed by atoms with Gasteiger partial charge in [-0.15, -0.1) is 0 Å². The number of aliphatic hydroxyl groups excluding tert-OH is 4. The maximum Gasteiger partial charge on any atom is 0.164 e. The molecule has 0 saturated carbocycles. The SMILES string of the molecule is CC1(C)O[C@@H]([C@@H](O)CO)[C@@H]([C@H](O)CO)O1. The van der Waals surface area contributed by atoms with E-state index in [2.05, 4.69) is 0 Å². The van der Waals surface area contributed by atoms with Crippen LogP contribution in [0.1, 0.15) is 13.8 Å². The van der Waals surface area contributed by atoms with Gasteiger partial charge in [-0.25, -0.2) is 0 Å². The summed E-state index contributed by atoms with van der Waals surface area (Å²) in [6.07, 6.45) is -3.96. The van der Waals surface area contributed by atoms with E-state index >= 15 is 0 Å². The lowest BCUT2D eigenvalue weighted by Crippen LogP contribution is -2.45. The molecule has 0 aromatic carbocycles. The number of ether oxygens (including phenoxy) is 2. The number of rotatable bonds is 4. The van der Waals surface area contributed by atoms with Crippen LogP contribution in [-0.4, -0.2) is 63.8 Å². The summed E-state index contributed by atoms with van der Waals surface area (Å²) in [5.41, 5.74) is 0. The Hall–Kier alpha value is -0.240. The van der Waals surface area contributed by atoms with Crippen molar-refractivity contribution in [3.8, 4) is 0 Å². The standard InChI is InChI=1S/C9H18O6/c1-9(2)14-7(5(12)3-10)8(15-9)6(13)4-11/h5-8,10-13H,3-4H2,1-2H3/t5-,6+,7-,8+. The summed E-state index contributed by atoms with van der Waals surface area (Å²) in [4.78, 5) is 0. The lowest BCUT2D eigenvalue weighted by atomic mass is 10.0. The van der Waals surface area contributed by atoms with Crippen molar-refractivity contribution in [3.05, 3.63) is 0 Å². The van der Waals surface area contributed by atoms with Crippen LogP contribution in [0.3, 0.4) is 0 Å². The number of aliphatic hydroxyl groups is 4. The van der Waals surface area contributed by atoms with Gasteiger partial charge in [0.05, 0.1) is 13.2 Å². The smallest absolute Gasteiger partial charge is 0.164 e. The van der Waals surface area contributed by atoms with E-state index in [0.29, 0.717) is 0 Å². The molecule has 4 N–H and O–H groups in total. The van der Waals surface area contributed by atoms with Gasteiger partial charge in [0.15, 0.2) is 5.79 Å². The van der Waals surface area contributed by atoms with Gasteiger partial charge < -0.3 is 29.9 Å². The van der Waals surface area contributed by atoms with Crippen LogP contribution in [0.2, 0.25) is 0 Å². The second-order valence-corrected chi connectivity index (χ2v) is 4.06. The molecule has 1 rings (SSSR count). The van der Waals surface area contributed by atoms with Gasteiger partial charge in [0.25, 0.3) is 0 Å². The zero-order chi connectivity index (χ0) is 11.6. The van der Waals surface area contributed by atoms with E-state index in [0.717, 1.165) is 0 Å². The molecule has 0 radical (unpaired) electrons. The molecule has 0 amide bonds. The summed E-state index contributed by atoms with van der Waals surface area (Å²) in [5.74, 6) is -0.943. The van der Waals surface area contributed by atoms with Gasteiger partial charge in [-0.05, 0) is 13.8 Å². The van der Waals surface area contributed by atoms with Gasteiger partial charge in [0, 0.05) is 0 Å². The Morgan fingerprint density at radius 1 is 1.00 bits per heavy atom. The molecule has 90 valence electrons. The Labute approximate surface area is 88.1 Å². The van der Waals surface area contributed by atoms with Gasteiger partial charge in [-0.2, -0.15) is 0 Å². The highest BCUT2D eigenvalue weighted by Gasteiger charge is 2.47. The molecular formula is C9H18O6. The summed E-state index contributed by atoms with van der Waals surface area (Å²) in [7, 11) is 0. The molecule has 4 atom stereocenters. The highest BCUT2D eigenvalue weighted by molar-refractivity contribution is 4.90. The van der Waals surface area contributed by atoms with Crippen molar-refractivity contribution >= 4 is 0 Å². The molecule has 0 bridgehead atoms. The topological polar surface area (TPSA) is 99.4 Å². The van der Waals surface area contributed by atoms with Crippen molar-refractivity contribution in [1.82, 2.24) is 0 Å². The summed E-state index contributed by atoms with van der Waals surface area (Å²) in [6, 6.07) is 0. The summed E-state index contributed by atoms with van der Waals surface area (Å²) in [5, 5.41) is 36.5. The Morgan fingerprint density at radius 2 is 1.33 bits per heavy atom. The maximum absolute atomic E-state index is 9.46. The summed E-state index contributed by atoms with van der Waals surface area (Å²) < 4.78 is 10.7. The molecule has 0 aromatic rings. The van der Waals surface area contributed by atoms with Crippen LogP contribution in [0.4, 0.5) is 0 Å². The highest BCUT2D eigenvalue weighted by Crippen LogP contribution is 2.31. The molecule has 1 aliphatic heterocycles. The average Bonchev–Trinajstić information content (AvgIpc) is 2.52. The molecule has 0 aliphatic carbocycles. The predicted molar refractivity (Wildman–Crippen MR) is 50.0 cm³/mol. The molecule has 1 fully saturated rings. The fraction of sp³-hybridized carbons (Fsp3) is 1.00. The zero-order valence-corrected chi connectivity index (χ0v) is 8.83. The van der Waals surface area contributed by atoms with Crippen LogP contribution in [0.15, 0.2) is 0 Å². The lowest BCUT2D eigenvalue weighted by Gasteiger charge is -2.23. The molecule has 0 aromatic heterocycles. The van der Waals surface area contributed by atoms with E-state index in [9.17, 15) is 10.2 Å². The number of hydrogen-bond acceptors (Lipinski definition) is 6. The van der Waals surface area contributed by atoms with Crippen LogP contribution < -0.4 is 0 Å². The molecular weight excluding hydrogens is 204 g/mol. The molecule has 15 heavy (non-hydrogen) atoms. The molecule has 1 aliphatic rings. The van der Waals surface area contributed by atoms with Crippen molar-refractivity contribution in [2.45, 2.75) is 44.1 Å². The number of hydrogen-bond donors (Lipinski definition) is 4. The minimum absolute atomic E-state index is 0.487. The van der Waals surface area contributed by atoms with Gasteiger partial charge in [-0.3, -0.25) is 0 Å². The van der Waals surface area contributed by atoms with Crippen molar-refractivity contribution in [2.24, 2.45) is 0 Å². The van der Waals surface area contributed by atoms with E-state index < -0.39 is 43.4 Å². The first-order valence-electron chi connectivity index (χ1n) is 4.85. The minimum Gasteiger partial charge on any atom is -0.394 e. The lowest BCUT2D eigenvalue weighted by molar-refractivity contribution is -0.163. The Bertz CT molecular complexity index is 187. The highest BCUT2D eigenvalue weighted by atomic mass is 16.8. The minimum atomic E-state index is -1.14. The molecule has 6 heteroatoms. The van der Waals surface area contributed by atoms with Gasteiger partial charge in [0.2, 0.25) is 0 Å². The van der Waals surface area contributed by atoms with Crippen molar-refractivity contribution in [1.29, 1.82) is 0 Å². The van der Waals surface area contributed by atoms with Gasteiger partial charge in [0.1, 0.15) is 24.4 Å². The molecule has 1 heterocycles. The average molecular weight is 222 g/mol. The van der Waals surface area contributed by atoms with Crippen LogP contribution in [0, 0.1) is 0 Å². The van der Waals surface area contributed by atoms with Crippen molar-refractivity contribution < 1.29 is 29.9 Å². The normalized spacial score (nSPS) is 34.0. The van der Waals surface area contributed by atoms with Crippen LogP contribution >= 0.6 is 0 Å². The first-order chi connectivity index (χ1) is 6.91. The fourth-order valence-corrected chi connectivity index (χ4v) is 1.62. The first kappa shape index (κ1) is 12.8. The third-order valence-corrected chi connectivity index (χ3v) is 2.30. The molecule has 0 unspecified atom stereocenters. The van der Waals surface area contributed by atoms with Crippen molar-refractivity contribution in [2.75, 3.05) is 13.2 Å². The van der Waals surface area contributed by atoms with Gasteiger partial charge in [-0.1, -0.05) is 0 Å². The van der Waals surface area contributed by atoms with E-state index in [1.807, 2.05) is 0 Å². The third-order valence-electron chi connectivity index (χ3n) is 2.30. The second kappa shape index (κ2) is 4.73. The van der Waals surface area contributed by atoms with E-state index in [4.69, 9.17) is 19.7 Å². The molecule has 0 spiro atoms. The van der Waals surface area contributed by atoms with E-state index in [-0.39, 0.29) is 0 Å². The summed E-state index contributed by atoms with van der Waals surface area (Å²) in [6.45, 7) is 2.29. The Balaban J connectivity index is 2.74. The molecule has 1 saturated heterocycles. The largest absolute Gasteiger partial charge is 0.394 e. The predicted octanol–water partition coefficient (Wildman–Crippen LogP) is -1.79. The first-order valence-corrected chi connectivity index (χ1v) is 4.85. The zero-order valence-electron chi connectivity index (χ0n) is 8.83. The fourth-order valence-electron chi connectivity index (χ4n) is 1.62. The third kappa shape index (κ3) is 2.87. The van der Waals surface area contributed by atoms with Crippen LogP contribution in [0.5, 0.6) is 0 Å². The maximum atomic E-state index is 9.46. The van der Waals surface area contributed by atoms with Crippen LogP contribution in [0.25, 0.3) is 0 Å². The van der Waals surface area contributed by atoms with Gasteiger partial charge >= 0.3 is 0 Å². The van der Waals surface area contributed by atoms with Crippen molar-refractivity contribution in [3.63, 3.8) is 0 Å². The Morgan fingerprint density at radius 3 is 1.60 bits per heavy atom.